The number of halogens is 1. The average Bonchev–Trinajstić information content (AvgIpc) is 2.51. The molecule has 0 unspecified atom stereocenters. The zero-order valence-electron chi connectivity index (χ0n) is 12.3. The number of ether oxygens (including phenoxy) is 2. The van der Waals surface area contributed by atoms with Crippen LogP contribution < -0.4 is 14.8 Å². The van der Waals surface area contributed by atoms with Crippen LogP contribution in [0, 0.1) is 6.92 Å². The molecule has 0 aliphatic heterocycles. The fourth-order valence-electron chi connectivity index (χ4n) is 1.75. The molecule has 1 amide bonds. The molecule has 5 heteroatoms. The van der Waals surface area contributed by atoms with E-state index in [0.29, 0.717) is 18.9 Å². The smallest absolute Gasteiger partial charge is 0.258 e. The summed E-state index contributed by atoms with van der Waals surface area (Å²) in [7, 11) is 0. The molecule has 22 heavy (non-hydrogen) atoms. The molecule has 0 aromatic heterocycles. The lowest BCUT2D eigenvalue weighted by molar-refractivity contribution is -0.123. The van der Waals surface area contributed by atoms with E-state index in [0.717, 1.165) is 15.8 Å². The van der Waals surface area contributed by atoms with E-state index >= 15 is 0 Å². The molecule has 0 atom stereocenters. The summed E-state index contributed by atoms with van der Waals surface area (Å²) >= 11 is 3.38. The number of carbonyl (C=O) groups excluding carboxylic acids is 1. The Hall–Kier alpha value is -2.01. The van der Waals surface area contributed by atoms with E-state index in [-0.39, 0.29) is 12.5 Å². The third kappa shape index (κ3) is 5.77. The van der Waals surface area contributed by atoms with E-state index in [9.17, 15) is 4.79 Å². The summed E-state index contributed by atoms with van der Waals surface area (Å²) in [5.41, 5.74) is 1.15. The Balaban J connectivity index is 1.62. The quantitative estimate of drug-likeness (QED) is 0.767. The molecule has 0 spiro atoms. The minimum Gasteiger partial charge on any atom is -0.492 e. The van der Waals surface area contributed by atoms with Crippen molar-refractivity contribution in [2.75, 3.05) is 19.8 Å². The lowest BCUT2D eigenvalue weighted by Gasteiger charge is -2.09. The van der Waals surface area contributed by atoms with Crippen molar-refractivity contribution in [1.82, 2.24) is 5.32 Å². The van der Waals surface area contributed by atoms with Gasteiger partial charge in [0.25, 0.3) is 5.91 Å². The highest BCUT2D eigenvalue weighted by Crippen LogP contribution is 2.17. The molecule has 0 heterocycles. The Morgan fingerprint density at radius 2 is 1.86 bits per heavy atom. The average molecular weight is 364 g/mol. The van der Waals surface area contributed by atoms with Gasteiger partial charge in [0.1, 0.15) is 18.1 Å². The van der Waals surface area contributed by atoms with E-state index in [4.69, 9.17) is 9.47 Å². The second kappa shape index (κ2) is 8.44. The summed E-state index contributed by atoms with van der Waals surface area (Å²) in [6.07, 6.45) is 0. The molecule has 1 N–H and O–H groups in total. The fraction of sp³-hybridized carbons (Fsp3) is 0.235. The first-order valence-electron chi connectivity index (χ1n) is 6.98. The van der Waals surface area contributed by atoms with Crippen LogP contribution in [0.15, 0.2) is 53.0 Å². The number of rotatable bonds is 7. The number of amides is 1. The topological polar surface area (TPSA) is 47.6 Å². The normalized spacial score (nSPS) is 10.1. The number of benzene rings is 2. The number of nitrogens with one attached hydrogen (secondary N) is 1. The van der Waals surface area contributed by atoms with Crippen molar-refractivity contribution in [1.29, 1.82) is 0 Å². The zero-order chi connectivity index (χ0) is 15.8. The van der Waals surface area contributed by atoms with Crippen LogP contribution in [-0.2, 0) is 4.79 Å². The number of hydrogen-bond acceptors (Lipinski definition) is 3. The predicted octanol–water partition coefficient (Wildman–Crippen LogP) is 3.33. The summed E-state index contributed by atoms with van der Waals surface area (Å²) in [6, 6.07) is 15.1. The van der Waals surface area contributed by atoms with Crippen molar-refractivity contribution in [2.45, 2.75) is 6.92 Å². The van der Waals surface area contributed by atoms with Gasteiger partial charge in [0.05, 0.1) is 6.54 Å². The van der Waals surface area contributed by atoms with Gasteiger partial charge in [0, 0.05) is 4.47 Å². The molecule has 2 rings (SSSR count). The Morgan fingerprint density at radius 3 is 2.59 bits per heavy atom. The second-order valence-corrected chi connectivity index (χ2v) is 5.67. The Kier molecular flexibility index (Phi) is 6.27. The van der Waals surface area contributed by atoms with Gasteiger partial charge < -0.3 is 14.8 Å². The van der Waals surface area contributed by atoms with Crippen molar-refractivity contribution in [2.24, 2.45) is 0 Å². The zero-order valence-corrected chi connectivity index (χ0v) is 13.9. The second-order valence-electron chi connectivity index (χ2n) is 4.76. The molecule has 0 aliphatic carbocycles. The van der Waals surface area contributed by atoms with Crippen LogP contribution in [-0.4, -0.2) is 25.7 Å². The highest BCUT2D eigenvalue weighted by Gasteiger charge is 2.02. The molecule has 0 fully saturated rings. The fourth-order valence-corrected chi connectivity index (χ4v) is 2.13. The largest absolute Gasteiger partial charge is 0.492 e. The Morgan fingerprint density at radius 1 is 1.09 bits per heavy atom. The first-order valence-corrected chi connectivity index (χ1v) is 7.77. The van der Waals surface area contributed by atoms with E-state index in [1.807, 2.05) is 55.5 Å². The minimum atomic E-state index is -0.168. The van der Waals surface area contributed by atoms with E-state index in [1.54, 1.807) is 0 Å². The molecule has 4 nitrogen and oxygen atoms in total. The number of hydrogen-bond donors (Lipinski definition) is 1. The van der Waals surface area contributed by atoms with Crippen LogP contribution in [0.5, 0.6) is 11.5 Å². The maximum absolute atomic E-state index is 11.6. The standard InChI is InChI=1S/C17H18BrNO3/c1-13-5-7-15(8-6-13)22-12-17(20)19-9-10-21-16-4-2-3-14(18)11-16/h2-8,11H,9-10,12H2,1H3,(H,19,20). The third-order valence-corrected chi connectivity index (χ3v) is 3.37. The number of aryl methyl sites for hydroxylation is 1. The molecule has 2 aromatic carbocycles. The van der Waals surface area contributed by atoms with Gasteiger partial charge in [-0.15, -0.1) is 0 Å². The first-order chi connectivity index (χ1) is 10.6. The van der Waals surface area contributed by atoms with Gasteiger partial charge in [-0.1, -0.05) is 39.7 Å². The van der Waals surface area contributed by atoms with Gasteiger partial charge in [0.2, 0.25) is 0 Å². The van der Waals surface area contributed by atoms with Crippen molar-refractivity contribution >= 4 is 21.8 Å². The number of carbonyl (C=O) groups is 1. The lowest BCUT2D eigenvalue weighted by Crippen LogP contribution is -2.32. The SMILES string of the molecule is Cc1ccc(OCC(=O)NCCOc2cccc(Br)c2)cc1. The maximum atomic E-state index is 11.6. The first kappa shape index (κ1) is 16.4. The van der Waals surface area contributed by atoms with Gasteiger partial charge in [-0.3, -0.25) is 4.79 Å². The van der Waals surface area contributed by atoms with Crippen LogP contribution in [0.25, 0.3) is 0 Å². The van der Waals surface area contributed by atoms with Crippen molar-refractivity contribution in [3.8, 4) is 11.5 Å². The summed E-state index contributed by atoms with van der Waals surface area (Å²) < 4.78 is 11.9. The molecular formula is C17H18BrNO3. The lowest BCUT2D eigenvalue weighted by atomic mass is 10.2. The molecule has 116 valence electrons. The molecular weight excluding hydrogens is 346 g/mol. The van der Waals surface area contributed by atoms with Crippen molar-refractivity contribution < 1.29 is 14.3 Å². The van der Waals surface area contributed by atoms with Crippen LogP contribution in [0.1, 0.15) is 5.56 Å². The molecule has 0 bridgehead atoms. The molecule has 0 saturated carbocycles. The summed E-state index contributed by atoms with van der Waals surface area (Å²) in [4.78, 5) is 11.6. The van der Waals surface area contributed by atoms with Gasteiger partial charge in [-0.25, -0.2) is 0 Å². The van der Waals surface area contributed by atoms with Crippen LogP contribution in [0.4, 0.5) is 0 Å². The van der Waals surface area contributed by atoms with Crippen molar-refractivity contribution in [3.63, 3.8) is 0 Å². The van der Waals surface area contributed by atoms with Crippen molar-refractivity contribution in [3.05, 3.63) is 58.6 Å². The van der Waals surface area contributed by atoms with Crippen LogP contribution in [0.3, 0.4) is 0 Å². The van der Waals surface area contributed by atoms with E-state index in [1.165, 1.54) is 0 Å². The highest BCUT2D eigenvalue weighted by atomic mass is 79.9. The van der Waals surface area contributed by atoms with Gasteiger partial charge in [0.15, 0.2) is 6.61 Å². The monoisotopic (exact) mass is 363 g/mol. The van der Waals surface area contributed by atoms with Crippen LogP contribution >= 0.6 is 15.9 Å². The van der Waals surface area contributed by atoms with Gasteiger partial charge >= 0.3 is 0 Å². The Labute approximate surface area is 138 Å². The molecule has 0 saturated heterocycles. The molecule has 0 radical (unpaired) electrons. The Bertz CT molecular complexity index is 614. The van der Waals surface area contributed by atoms with E-state index < -0.39 is 0 Å². The third-order valence-electron chi connectivity index (χ3n) is 2.88. The summed E-state index contributed by atoms with van der Waals surface area (Å²) in [6.45, 7) is 2.84. The predicted molar refractivity (Wildman–Crippen MR) is 89.3 cm³/mol. The highest BCUT2D eigenvalue weighted by molar-refractivity contribution is 9.10. The maximum Gasteiger partial charge on any atom is 0.258 e. The van der Waals surface area contributed by atoms with Gasteiger partial charge in [-0.05, 0) is 37.3 Å². The van der Waals surface area contributed by atoms with Crippen LogP contribution in [0.2, 0.25) is 0 Å². The summed E-state index contributed by atoms with van der Waals surface area (Å²) in [5, 5.41) is 2.75. The summed E-state index contributed by atoms with van der Waals surface area (Å²) in [5.74, 6) is 1.28. The molecule has 2 aromatic rings. The van der Waals surface area contributed by atoms with E-state index in [2.05, 4.69) is 21.2 Å². The van der Waals surface area contributed by atoms with Gasteiger partial charge in [-0.2, -0.15) is 0 Å². The molecule has 0 aliphatic rings. The minimum absolute atomic E-state index is 0.0000535.